The van der Waals surface area contributed by atoms with E-state index >= 15 is 0 Å². The van der Waals surface area contributed by atoms with Gasteiger partial charge >= 0.3 is 0 Å². The Bertz CT molecular complexity index is 767. The van der Waals surface area contributed by atoms with Crippen molar-refractivity contribution in [1.82, 2.24) is 10.2 Å². The number of H-pyrrole nitrogens is 1. The summed E-state index contributed by atoms with van der Waals surface area (Å²) in [5.41, 5.74) is 2.99. The molecule has 5 heteroatoms. The summed E-state index contributed by atoms with van der Waals surface area (Å²) in [6.45, 7) is 0. The number of hydrogen-bond acceptors (Lipinski definition) is 3. The van der Waals surface area contributed by atoms with Gasteiger partial charge in [0.2, 0.25) is 0 Å². The zero-order chi connectivity index (χ0) is 14.7. The van der Waals surface area contributed by atoms with Crippen LogP contribution in [0.15, 0.2) is 60.9 Å². The van der Waals surface area contributed by atoms with Gasteiger partial charge in [-0.2, -0.15) is 5.10 Å². The Morgan fingerprint density at radius 3 is 2.71 bits per heavy atom. The molecule has 21 heavy (non-hydrogen) atoms. The number of aromatic hydroxyl groups is 1. The van der Waals surface area contributed by atoms with Crippen LogP contribution in [0.5, 0.6) is 5.75 Å². The predicted molar refractivity (Wildman–Crippen MR) is 80.1 cm³/mol. The van der Waals surface area contributed by atoms with E-state index in [4.69, 9.17) is 0 Å². The molecule has 3 rings (SSSR count). The average Bonchev–Trinajstić information content (AvgIpc) is 3.02. The van der Waals surface area contributed by atoms with Crippen LogP contribution in [0.1, 0.15) is 10.4 Å². The predicted octanol–water partition coefficient (Wildman–Crippen LogP) is 3.03. The number of nitrogens with one attached hydrogen (secondary N) is 2. The molecule has 0 saturated carbocycles. The SMILES string of the molecule is O=C(Nc1cccc(-c2cn[nH]c2)c1)c1cccc(O)c1. The van der Waals surface area contributed by atoms with Gasteiger partial charge in [0.05, 0.1) is 6.20 Å². The normalized spacial score (nSPS) is 10.3. The van der Waals surface area contributed by atoms with Crippen molar-refractivity contribution >= 4 is 11.6 Å². The molecule has 0 unspecified atom stereocenters. The van der Waals surface area contributed by atoms with E-state index in [-0.39, 0.29) is 11.7 Å². The van der Waals surface area contributed by atoms with Crippen molar-refractivity contribution in [2.75, 3.05) is 5.32 Å². The van der Waals surface area contributed by atoms with E-state index < -0.39 is 0 Å². The molecule has 1 aromatic heterocycles. The molecule has 0 saturated heterocycles. The Labute approximate surface area is 121 Å². The van der Waals surface area contributed by atoms with Gasteiger partial charge in [0.15, 0.2) is 0 Å². The summed E-state index contributed by atoms with van der Waals surface area (Å²) in [4.78, 5) is 12.1. The van der Waals surface area contributed by atoms with Gasteiger partial charge in [-0.3, -0.25) is 9.89 Å². The molecule has 104 valence electrons. The molecule has 5 nitrogen and oxygen atoms in total. The lowest BCUT2D eigenvalue weighted by Gasteiger charge is -2.07. The minimum atomic E-state index is -0.268. The fraction of sp³-hybridized carbons (Fsp3) is 0. The number of amides is 1. The van der Waals surface area contributed by atoms with Crippen molar-refractivity contribution in [3.05, 3.63) is 66.5 Å². The Morgan fingerprint density at radius 1 is 1.10 bits per heavy atom. The van der Waals surface area contributed by atoms with Gasteiger partial charge in [-0.1, -0.05) is 18.2 Å². The van der Waals surface area contributed by atoms with Gasteiger partial charge in [-0.15, -0.1) is 0 Å². The van der Waals surface area contributed by atoms with Crippen LogP contribution in [0.25, 0.3) is 11.1 Å². The maximum Gasteiger partial charge on any atom is 0.255 e. The molecule has 0 aliphatic rings. The second-order valence-corrected chi connectivity index (χ2v) is 4.57. The summed E-state index contributed by atoms with van der Waals surface area (Å²) >= 11 is 0. The zero-order valence-corrected chi connectivity index (χ0v) is 11.1. The Kier molecular flexibility index (Phi) is 3.39. The Hall–Kier alpha value is -3.08. The van der Waals surface area contributed by atoms with Crippen molar-refractivity contribution in [2.24, 2.45) is 0 Å². The molecular weight excluding hydrogens is 266 g/mol. The number of phenols is 1. The van der Waals surface area contributed by atoms with Gasteiger partial charge in [-0.25, -0.2) is 0 Å². The summed E-state index contributed by atoms with van der Waals surface area (Å²) in [6.07, 6.45) is 3.51. The topological polar surface area (TPSA) is 78.0 Å². The van der Waals surface area contributed by atoms with E-state index in [2.05, 4.69) is 15.5 Å². The molecular formula is C16H13N3O2. The summed E-state index contributed by atoms with van der Waals surface area (Å²) in [5, 5.41) is 18.9. The fourth-order valence-corrected chi connectivity index (χ4v) is 2.04. The smallest absolute Gasteiger partial charge is 0.255 e. The average molecular weight is 279 g/mol. The highest BCUT2D eigenvalue weighted by Gasteiger charge is 2.07. The van der Waals surface area contributed by atoms with Crippen LogP contribution >= 0.6 is 0 Å². The second-order valence-electron chi connectivity index (χ2n) is 4.57. The molecule has 0 atom stereocenters. The van der Waals surface area contributed by atoms with Crippen LogP contribution in [-0.4, -0.2) is 21.2 Å². The van der Waals surface area contributed by atoms with E-state index in [0.717, 1.165) is 11.1 Å². The second kappa shape index (κ2) is 5.50. The number of nitrogens with zero attached hydrogens (tertiary/aromatic N) is 1. The highest BCUT2D eigenvalue weighted by molar-refractivity contribution is 6.04. The number of benzene rings is 2. The van der Waals surface area contributed by atoms with Crippen LogP contribution in [0, 0.1) is 0 Å². The first-order valence-electron chi connectivity index (χ1n) is 6.42. The Balaban J connectivity index is 1.82. The first kappa shape index (κ1) is 12.9. The lowest BCUT2D eigenvalue weighted by molar-refractivity contribution is 0.102. The quantitative estimate of drug-likeness (QED) is 0.689. The van der Waals surface area contributed by atoms with Gasteiger partial charge < -0.3 is 10.4 Å². The van der Waals surface area contributed by atoms with Crippen molar-refractivity contribution in [3.63, 3.8) is 0 Å². The van der Waals surface area contributed by atoms with Crippen LogP contribution in [0.2, 0.25) is 0 Å². The van der Waals surface area contributed by atoms with Crippen molar-refractivity contribution in [3.8, 4) is 16.9 Å². The largest absolute Gasteiger partial charge is 0.508 e. The number of carbonyl (C=O) groups excluding carboxylic acids is 1. The van der Waals surface area contributed by atoms with E-state index in [0.29, 0.717) is 11.3 Å². The molecule has 0 aliphatic carbocycles. The third kappa shape index (κ3) is 2.92. The summed E-state index contributed by atoms with van der Waals surface area (Å²) in [5.74, 6) is -0.204. The third-order valence-corrected chi connectivity index (χ3v) is 3.06. The Morgan fingerprint density at radius 2 is 1.95 bits per heavy atom. The van der Waals surface area contributed by atoms with Gasteiger partial charge in [-0.05, 0) is 35.9 Å². The number of aromatic nitrogens is 2. The van der Waals surface area contributed by atoms with Gasteiger partial charge in [0.25, 0.3) is 5.91 Å². The number of carbonyl (C=O) groups is 1. The molecule has 3 aromatic rings. The molecule has 0 radical (unpaired) electrons. The van der Waals surface area contributed by atoms with Crippen molar-refractivity contribution in [1.29, 1.82) is 0 Å². The highest BCUT2D eigenvalue weighted by Crippen LogP contribution is 2.22. The first-order chi connectivity index (χ1) is 10.2. The number of rotatable bonds is 3. The molecule has 2 aromatic carbocycles. The summed E-state index contributed by atoms with van der Waals surface area (Å²) < 4.78 is 0. The molecule has 0 bridgehead atoms. The minimum absolute atomic E-state index is 0.0646. The monoisotopic (exact) mass is 279 g/mol. The van der Waals surface area contributed by atoms with Crippen molar-refractivity contribution in [2.45, 2.75) is 0 Å². The highest BCUT2D eigenvalue weighted by atomic mass is 16.3. The maximum absolute atomic E-state index is 12.1. The molecule has 0 fully saturated rings. The number of aromatic amines is 1. The number of anilines is 1. The maximum atomic E-state index is 12.1. The van der Waals surface area contributed by atoms with Gasteiger partial charge in [0.1, 0.15) is 5.75 Å². The fourth-order valence-electron chi connectivity index (χ4n) is 2.04. The minimum Gasteiger partial charge on any atom is -0.508 e. The van der Waals surface area contributed by atoms with E-state index in [9.17, 15) is 9.90 Å². The zero-order valence-electron chi connectivity index (χ0n) is 11.1. The number of hydrogen-bond donors (Lipinski definition) is 3. The number of phenolic OH excluding ortho intramolecular Hbond substituents is 1. The summed E-state index contributed by atoms with van der Waals surface area (Å²) in [7, 11) is 0. The van der Waals surface area contributed by atoms with Crippen LogP contribution < -0.4 is 5.32 Å². The molecule has 1 heterocycles. The van der Waals surface area contributed by atoms with Crippen molar-refractivity contribution < 1.29 is 9.90 Å². The van der Waals surface area contributed by atoms with Crippen LogP contribution in [-0.2, 0) is 0 Å². The summed E-state index contributed by atoms with van der Waals surface area (Å²) in [6, 6.07) is 13.7. The van der Waals surface area contributed by atoms with E-state index in [1.807, 2.05) is 24.3 Å². The van der Waals surface area contributed by atoms with E-state index in [1.54, 1.807) is 24.5 Å². The van der Waals surface area contributed by atoms with Crippen LogP contribution in [0.4, 0.5) is 5.69 Å². The molecule has 3 N–H and O–H groups in total. The lowest BCUT2D eigenvalue weighted by atomic mass is 10.1. The molecule has 0 spiro atoms. The third-order valence-electron chi connectivity index (χ3n) is 3.06. The molecule has 0 aliphatic heterocycles. The van der Waals surface area contributed by atoms with Crippen LogP contribution in [0.3, 0.4) is 0 Å². The first-order valence-corrected chi connectivity index (χ1v) is 6.42. The lowest BCUT2D eigenvalue weighted by Crippen LogP contribution is -2.11. The standard InChI is InChI=1S/C16H13N3O2/c20-15-6-2-4-12(8-15)16(21)19-14-5-1-3-11(7-14)13-9-17-18-10-13/h1-10,20H,(H,17,18)(H,19,21). The van der Waals surface area contributed by atoms with Gasteiger partial charge in [0, 0.05) is 23.0 Å². The van der Waals surface area contributed by atoms with E-state index in [1.165, 1.54) is 12.1 Å². The molecule has 1 amide bonds.